The summed E-state index contributed by atoms with van der Waals surface area (Å²) in [6.45, 7) is 4.70. The molecule has 25 heavy (non-hydrogen) atoms. The van der Waals surface area contributed by atoms with Crippen molar-refractivity contribution < 1.29 is 4.74 Å². The average Bonchev–Trinajstić information content (AvgIpc) is 3.30. The van der Waals surface area contributed by atoms with Gasteiger partial charge in [-0.05, 0) is 25.5 Å². The largest absolute Gasteiger partial charge is 0.371 e. The van der Waals surface area contributed by atoms with Crippen molar-refractivity contribution in [3.63, 3.8) is 0 Å². The summed E-state index contributed by atoms with van der Waals surface area (Å²) in [7, 11) is 0. The summed E-state index contributed by atoms with van der Waals surface area (Å²) in [5.41, 5.74) is 1.83. The van der Waals surface area contributed by atoms with E-state index < -0.39 is 0 Å². The third-order valence-corrected chi connectivity index (χ3v) is 7.14. The number of anilines is 1. The molecule has 3 aromatic heterocycles. The molecule has 5 heterocycles. The smallest absolute Gasteiger partial charge is 0.177 e. The quantitative estimate of drug-likeness (QED) is 0.693. The van der Waals surface area contributed by atoms with Gasteiger partial charge in [0.05, 0.1) is 28.2 Å². The summed E-state index contributed by atoms with van der Waals surface area (Å²) in [4.78, 5) is 6.79. The highest BCUT2D eigenvalue weighted by molar-refractivity contribution is 8.01. The lowest BCUT2D eigenvalue weighted by Crippen LogP contribution is -2.59. The first kappa shape index (κ1) is 15.5. The number of hydrogen-bond donors (Lipinski definition) is 0. The Morgan fingerprint density at radius 3 is 3.12 bits per heavy atom. The van der Waals surface area contributed by atoms with E-state index in [4.69, 9.17) is 4.74 Å². The van der Waals surface area contributed by atoms with E-state index in [0.717, 1.165) is 47.4 Å². The van der Waals surface area contributed by atoms with Gasteiger partial charge in [-0.3, -0.25) is 0 Å². The molecular formula is C16H18N6OS2. The molecule has 7 nitrogen and oxygen atoms in total. The molecule has 0 radical (unpaired) electrons. The van der Waals surface area contributed by atoms with Crippen LogP contribution < -0.4 is 4.90 Å². The van der Waals surface area contributed by atoms with Crippen LogP contribution in [0, 0.1) is 6.92 Å². The van der Waals surface area contributed by atoms with Crippen LogP contribution in [0.4, 0.5) is 5.82 Å². The second-order valence-electron chi connectivity index (χ2n) is 6.67. The lowest BCUT2D eigenvalue weighted by Gasteiger charge is -2.48. The zero-order valence-electron chi connectivity index (χ0n) is 13.8. The second kappa shape index (κ2) is 5.93. The summed E-state index contributed by atoms with van der Waals surface area (Å²) in [5.74, 6) is 2.05. The molecule has 1 spiro atoms. The fraction of sp³-hybridized carbons (Fsp3) is 0.500. The molecule has 1 atom stereocenters. The summed E-state index contributed by atoms with van der Waals surface area (Å²) >= 11 is 3.72. The van der Waals surface area contributed by atoms with E-state index in [-0.39, 0.29) is 0 Å². The Balaban J connectivity index is 1.18. The van der Waals surface area contributed by atoms with Crippen molar-refractivity contribution in [2.45, 2.75) is 30.8 Å². The Labute approximate surface area is 153 Å². The molecule has 2 aliphatic heterocycles. The van der Waals surface area contributed by atoms with Crippen molar-refractivity contribution in [2.24, 2.45) is 0 Å². The number of hydrogen-bond acceptors (Lipinski definition) is 8. The Hall–Kier alpha value is -1.71. The van der Waals surface area contributed by atoms with Gasteiger partial charge >= 0.3 is 0 Å². The number of aryl methyl sites for hydroxylation is 1. The molecule has 2 aliphatic rings. The molecule has 2 saturated heterocycles. The Morgan fingerprint density at radius 1 is 1.36 bits per heavy atom. The predicted molar refractivity (Wildman–Crippen MR) is 98.2 cm³/mol. The van der Waals surface area contributed by atoms with Crippen LogP contribution in [0.1, 0.15) is 17.1 Å². The van der Waals surface area contributed by atoms with Crippen LogP contribution in [0.15, 0.2) is 23.8 Å². The van der Waals surface area contributed by atoms with Crippen molar-refractivity contribution in [3.8, 4) is 0 Å². The maximum atomic E-state index is 6.09. The maximum absolute atomic E-state index is 6.09. The fourth-order valence-electron chi connectivity index (χ4n) is 3.51. The minimum Gasteiger partial charge on any atom is -0.371 e. The number of thiazole rings is 1. The number of fused-ring (bicyclic) bond motifs is 1. The summed E-state index contributed by atoms with van der Waals surface area (Å²) in [5, 5.41) is 15.6. The van der Waals surface area contributed by atoms with Gasteiger partial charge in [-0.15, -0.1) is 38.4 Å². The topological polar surface area (TPSA) is 68.4 Å². The van der Waals surface area contributed by atoms with E-state index in [2.05, 4.69) is 30.6 Å². The van der Waals surface area contributed by atoms with Crippen LogP contribution in [-0.4, -0.2) is 54.5 Å². The van der Waals surface area contributed by atoms with Crippen molar-refractivity contribution in [1.29, 1.82) is 0 Å². The number of aromatic nitrogens is 5. The van der Waals surface area contributed by atoms with E-state index in [0.29, 0.717) is 17.5 Å². The lowest BCUT2D eigenvalue weighted by atomic mass is 9.93. The molecule has 0 N–H and O–H groups in total. The van der Waals surface area contributed by atoms with Gasteiger partial charge in [0.2, 0.25) is 0 Å². The highest BCUT2D eigenvalue weighted by Gasteiger charge is 2.49. The first-order chi connectivity index (χ1) is 12.2. The zero-order chi connectivity index (χ0) is 16.9. The first-order valence-electron chi connectivity index (χ1n) is 8.28. The Morgan fingerprint density at radius 2 is 2.28 bits per heavy atom. The van der Waals surface area contributed by atoms with Gasteiger partial charge in [-0.1, -0.05) is 0 Å². The molecule has 3 aromatic rings. The van der Waals surface area contributed by atoms with E-state index in [1.165, 1.54) is 0 Å². The van der Waals surface area contributed by atoms with Gasteiger partial charge in [-0.2, -0.15) is 4.52 Å². The standard InChI is InChI=1S/C16H18N6OS2/c1-11-18-12(6-24-11)5-23-13-4-16(25-7-13)8-21(9-16)15-3-2-14-19-17-10-22(14)20-15/h2-3,6,10,13H,4-5,7-9H2,1H3. The Kier molecular flexibility index (Phi) is 3.68. The van der Waals surface area contributed by atoms with Crippen LogP contribution in [0.2, 0.25) is 0 Å². The molecule has 0 saturated carbocycles. The Bertz CT molecular complexity index is 903. The predicted octanol–water partition coefficient (Wildman–Crippen LogP) is 2.17. The van der Waals surface area contributed by atoms with Gasteiger partial charge < -0.3 is 9.64 Å². The van der Waals surface area contributed by atoms with E-state index in [1.54, 1.807) is 22.2 Å². The third-order valence-electron chi connectivity index (χ3n) is 4.74. The van der Waals surface area contributed by atoms with Crippen molar-refractivity contribution in [3.05, 3.63) is 34.5 Å². The normalized spacial score (nSPS) is 22.0. The van der Waals surface area contributed by atoms with E-state index in [9.17, 15) is 0 Å². The lowest BCUT2D eigenvalue weighted by molar-refractivity contribution is 0.0461. The zero-order valence-corrected chi connectivity index (χ0v) is 15.5. The van der Waals surface area contributed by atoms with Gasteiger partial charge in [0.15, 0.2) is 5.65 Å². The molecule has 0 aliphatic carbocycles. The first-order valence-corrected chi connectivity index (χ1v) is 10.1. The van der Waals surface area contributed by atoms with Crippen molar-refractivity contribution >= 4 is 34.6 Å². The average molecular weight is 374 g/mol. The highest BCUT2D eigenvalue weighted by Crippen LogP contribution is 2.47. The van der Waals surface area contributed by atoms with Crippen molar-refractivity contribution in [2.75, 3.05) is 23.7 Å². The van der Waals surface area contributed by atoms with Crippen LogP contribution in [-0.2, 0) is 11.3 Å². The van der Waals surface area contributed by atoms with Gasteiger partial charge in [0.25, 0.3) is 0 Å². The number of nitrogens with zero attached hydrogens (tertiary/aromatic N) is 6. The minimum absolute atomic E-state index is 0.312. The minimum atomic E-state index is 0.312. The fourth-order valence-corrected chi connectivity index (χ4v) is 5.65. The van der Waals surface area contributed by atoms with Crippen LogP contribution in [0.5, 0.6) is 0 Å². The highest BCUT2D eigenvalue weighted by atomic mass is 32.2. The number of ether oxygens (including phenoxy) is 1. The molecule has 0 aromatic carbocycles. The number of thioether (sulfide) groups is 1. The molecule has 0 amide bonds. The van der Waals surface area contributed by atoms with E-state index in [1.807, 2.05) is 30.8 Å². The maximum Gasteiger partial charge on any atom is 0.177 e. The molecule has 2 fully saturated rings. The van der Waals surface area contributed by atoms with Crippen LogP contribution in [0.25, 0.3) is 5.65 Å². The van der Waals surface area contributed by atoms with E-state index >= 15 is 0 Å². The van der Waals surface area contributed by atoms with Gasteiger partial charge in [0.1, 0.15) is 12.1 Å². The second-order valence-corrected chi connectivity index (χ2v) is 9.22. The molecule has 130 valence electrons. The summed E-state index contributed by atoms with van der Waals surface area (Å²) in [6.07, 6.45) is 3.07. The molecular weight excluding hydrogens is 356 g/mol. The number of rotatable bonds is 4. The molecule has 5 rings (SSSR count). The molecule has 9 heteroatoms. The van der Waals surface area contributed by atoms with Gasteiger partial charge in [-0.25, -0.2) is 4.98 Å². The van der Waals surface area contributed by atoms with Crippen LogP contribution in [0.3, 0.4) is 0 Å². The van der Waals surface area contributed by atoms with Gasteiger partial charge in [0, 0.05) is 24.2 Å². The summed E-state index contributed by atoms with van der Waals surface area (Å²) < 4.78 is 8.13. The van der Waals surface area contributed by atoms with Crippen molar-refractivity contribution in [1.82, 2.24) is 24.8 Å². The summed E-state index contributed by atoms with van der Waals surface area (Å²) in [6, 6.07) is 3.99. The monoisotopic (exact) mass is 374 g/mol. The SMILES string of the molecule is Cc1nc(COC2CSC3(C2)CN(c2ccc4nncn4n2)C3)cs1. The molecule has 1 unspecified atom stereocenters. The molecule has 0 bridgehead atoms. The third kappa shape index (κ3) is 2.90. The van der Waals surface area contributed by atoms with Crippen LogP contribution >= 0.6 is 23.1 Å².